The van der Waals surface area contributed by atoms with Crippen LogP contribution >= 0.6 is 0 Å². The highest BCUT2D eigenvalue weighted by Crippen LogP contribution is 2.33. The van der Waals surface area contributed by atoms with Crippen LogP contribution in [0.5, 0.6) is 0 Å². The first-order valence-electron chi connectivity index (χ1n) is 10.8. The Morgan fingerprint density at radius 1 is 1.06 bits per heavy atom. The van der Waals surface area contributed by atoms with Crippen molar-refractivity contribution < 1.29 is 23.5 Å². The van der Waals surface area contributed by atoms with E-state index < -0.39 is 23.5 Å². The average Bonchev–Trinajstić information content (AvgIpc) is 3.11. The fourth-order valence-corrected chi connectivity index (χ4v) is 4.15. The Labute approximate surface area is 194 Å². The zero-order valence-corrected chi connectivity index (χ0v) is 18.7. The van der Waals surface area contributed by atoms with Gasteiger partial charge in [-0.25, -0.2) is 13.6 Å². The maximum atomic E-state index is 13.6. The van der Waals surface area contributed by atoms with Crippen molar-refractivity contribution in [1.82, 2.24) is 14.9 Å². The first-order chi connectivity index (χ1) is 16.2. The van der Waals surface area contributed by atoms with Gasteiger partial charge in [-0.2, -0.15) is 0 Å². The van der Waals surface area contributed by atoms with Crippen LogP contribution in [-0.4, -0.2) is 26.5 Å². The lowest BCUT2D eigenvalue weighted by molar-refractivity contribution is 0.0696. The first-order valence-corrected chi connectivity index (χ1v) is 10.8. The molecule has 0 saturated heterocycles. The summed E-state index contributed by atoms with van der Waals surface area (Å²) in [5, 5.41) is 12.9. The number of fused-ring (bicyclic) bond motifs is 1. The van der Waals surface area contributed by atoms with E-state index in [9.17, 15) is 23.5 Å². The van der Waals surface area contributed by atoms with Crippen LogP contribution in [0.2, 0.25) is 0 Å². The Hall–Kier alpha value is -4.07. The van der Waals surface area contributed by atoms with Crippen molar-refractivity contribution in [1.29, 1.82) is 0 Å². The third-order valence-electron chi connectivity index (χ3n) is 5.55. The minimum atomic E-state index is -1.07. The average molecular weight is 463 g/mol. The van der Waals surface area contributed by atoms with Crippen LogP contribution in [0.1, 0.15) is 57.4 Å². The molecule has 0 unspecified atom stereocenters. The first kappa shape index (κ1) is 23.1. The van der Waals surface area contributed by atoms with Gasteiger partial charge in [0, 0.05) is 29.9 Å². The van der Waals surface area contributed by atoms with Gasteiger partial charge in [-0.1, -0.05) is 26.0 Å². The van der Waals surface area contributed by atoms with Crippen molar-refractivity contribution >= 4 is 22.8 Å². The zero-order valence-electron chi connectivity index (χ0n) is 18.7. The molecule has 0 fully saturated rings. The molecule has 2 aromatic heterocycles. The second-order valence-electron chi connectivity index (χ2n) is 8.32. The minimum Gasteiger partial charge on any atom is -0.478 e. The van der Waals surface area contributed by atoms with Crippen molar-refractivity contribution in [2.24, 2.45) is 0 Å². The summed E-state index contributed by atoms with van der Waals surface area (Å²) in [6.07, 6.45) is 1.67. The molecule has 0 aliphatic carbocycles. The minimum absolute atomic E-state index is 0.0643. The number of aromatic nitrogens is 2. The molecule has 174 valence electrons. The predicted octanol–water partition coefficient (Wildman–Crippen LogP) is 5.11. The van der Waals surface area contributed by atoms with Crippen molar-refractivity contribution in [3.63, 3.8) is 0 Å². The molecular formula is C26H23F2N3O3. The van der Waals surface area contributed by atoms with Gasteiger partial charge in [-0.05, 0) is 47.9 Å². The molecule has 0 spiro atoms. The number of carboxylic acid groups (broad SMARTS) is 1. The quantitative estimate of drug-likeness (QED) is 0.399. The lowest BCUT2D eigenvalue weighted by atomic mass is 10.0. The number of nitrogens with one attached hydrogen (secondary N) is 1. The molecule has 8 heteroatoms. The summed E-state index contributed by atoms with van der Waals surface area (Å²) in [4.78, 5) is 29.4. The number of carbonyl (C=O) groups excluding carboxylic acids is 1. The zero-order chi connectivity index (χ0) is 24.4. The van der Waals surface area contributed by atoms with Crippen LogP contribution in [-0.2, 0) is 13.1 Å². The standard InChI is InChI=1S/C26H23F2N3O3/c1-15(2)24-23(25(32)30-13-16-9-18(27)12-19(28)10-16)21-7-6-17(26(33)34)11-22(21)31(24)14-20-5-3-4-8-29-20/h3-12,15H,13-14H2,1-2H3,(H,30,32)(H,33,34). The van der Waals surface area contributed by atoms with E-state index in [1.54, 1.807) is 24.4 Å². The molecule has 34 heavy (non-hydrogen) atoms. The highest BCUT2D eigenvalue weighted by Gasteiger charge is 2.25. The van der Waals surface area contributed by atoms with Crippen LogP contribution in [0.3, 0.4) is 0 Å². The smallest absolute Gasteiger partial charge is 0.335 e. The molecule has 0 radical (unpaired) electrons. The number of amides is 1. The molecular weight excluding hydrogens is 440 g/mol. The molecule has 0 aliphatic heterocycles. The van der Waals surface area contributed by atoms with E-state index in [1.807, 2.05) is 30.5 Å². The van der Waals surface area contributed by atoms with Gasteiger partial charge in [-0.15, -0.1) is 0 Å². The van der Waals surface area contributed by atoms with E-state index >= 15 is 0 Å². The van der Waals surface area contributed by atoms with Crippen LogP contribution in [0.25, 0.3) is 10.9 Å². The summed E-state index contributed by atoms with van der Waals surface area (Å²) in [7, 11) is 0. The second kappa shape index (κ2) is 9.43. The Bertz CT molecular complexity index is 1360. The normalized spacial score (nSPS) is 11.2. The van der Waals surface area contributed by atoms with Crippen molar-refractivity contribution in [2.75, 3.05) is 0 Å². The third-order valence-corrected chi connectivity index (χ3v) is 5.55. The molecule has 0 bridgehead atoms. The lowest BCUT2D eigenvalue weighted by Crippen LogP contribution is -2.24. The number of aromatic carboxylic acids is 1. The molecule has 0 saturated carbocycles. The van der Waals surface area contributed by atoms with E-state index in [2.05, 4.69) is 10.3 Å². The summed E-state index contributed by atoms with van der Waals surface area (Å²) < 4.78 is 29.0. The van der Waals surface area contributed by atoms with Gasteiger partial charge in [0.1, 0.15) is 11.6 Å². The maximum Gasteiger partial charge on any atom is 0.335 e. The number of hydrogen-bond donors (Lipinski definition) is 2. The molecule has 0 aliphatic rings. The number of pyridine rings is 1. The van der Waals surface area contributed by atoms with Gasteiger partial charge in [0.25, 0.3) is 5.91 Å². The van der Waals surface area contributed by atoms with Crippen molar-refractivity contribution in [2.45, 2.75) is 32.9 Å². The summed E-state index contributed by atoms with van der Waals surface area (Å²) in [6.45, 7) is 4.17. The van der Waals surface area contributed by atoms with Crippen molar-refractivity contribution in [3.05, 3.63) is 101 Å². The summed E-state index contributed by atoms with van der Waals surface area (Å²) in [5.74, 6) is -3.02. The van der Waals surface area contributed by atoms with Gasteiger partial charge >= 0.3 is 5.97 Å². The predicted molar refractivity (Wildman–Crippen MR) is 124 cm³/mol. The number of halogens is 2. The number of carboxylic acids is 1. The van der Waals surface area contributed by atoms with Crippen LogP contribution < -0.4 is 5.32 Å². The van der Waals surface area contributed by atoms with E-state index in [0.717, 1.165) is 23.9 Å². The fraction of sp³-hybridized carbons (Fsp3) is 0.192. The van der Waals surface area contributed by atoms with Gasteiger partial charge in [0.2, 0.25) is 0 Å². The Morgan fingerprint density at radius 2 is 1.79 bits per heavy atom. The number of nitrogens with zero attached hydrogens (tertiary/aromatic N) is 2. The Morgan fingerprint density at radius 3 is 2.41 bits per heavy atom. The molecule has 0 atom stereocenters. The number of carbonyl (C=O) groups is 2. The highest BCUT2D eigenvalue weighted by atomic mass is 19.1. The molecule has 6 nitrogen and oxygen atoms in total. The van der Waals surface area contributed by atoms with Crippen LogP contribution in [0.4, 0.5) is 8.78 Å². The maximum absolute atomic E-state index is 13.6. The van der Waals surface area contributed by atoms with E-state index in [-0.39, 0.29) is 18.0 Å². The van der Waals surface area contributed by atoms with Crippen LogP contribution in [0, 0.1) is 11.6 Å². The highest BCUT2D eigenvalue weighted by molar-refractivity contribution is 6.09. The van der Waals surface area contributed by atoms with Gasteiger partial charge in [-0.3, -0.25) is 9.78 Å². The monoisotopic (exact) mass is 463 g/mol. The number of hydrogen-bond acceptors (Lipinski definition) is 3. The SMILES string of the molecule is CC(C)c1c(C(=O)NCc2cc(F)cc(F)c2)c2ccc(C(=O)O)cc2n1Cc1ccccn1. The molecule has 1 amide bonds. The Balaban J connectivity index is 1.82. The summed E-state index contributed by atoms with van der Waals surface area (Å²) in [5.41, 5.74) is 2.85. The third kappa shape index (κ3) is 4.66. The van der Waals surface area contributed by atoms with Crippen molar-refractivity contribution in [3.8, 4) is 0 Å². The lowest BCUT2D eigenvalue weighted by Gasteiger charge is -2.15. The van der Waals surface area contributed by atoms with E-state index in [0.29, 0.717) is 34.3 Å². The van der Waals surface area contributed by atoms with Crippen LogP contribution in [0.15, 0.2) is 60.8 Å². The number of rotatable bonds is 7. The molecule has 2 N–H and O–H groups in total. The number of benzene rings is 2. The summed E-state index contributed by atoms with van der Waals surface area (Å²) >= 11 is 0. The topological polar surface area (TPSA) is 84.2 Å². The molecule has 4 aromatic rings. The van der Waals surface area contributed by atoms with Gasteiger partial charge in [0.05, 0.1) is 28.9 Å². The van der Waals surface area contributed by atoms with Gasteiger partial charge < -0.3 is 15.0 Å². The molecule has 2 heterocycles. The van der Waals surface area contributed by atoms with E-state index in [1.165, 1.54) is 6.07 Å². The van der Waals surface area contributed by atoms with Gasteiger partial charge in [0.15, 0.2) is 0 Å². The fourth-order valence-electron chi connectivity index (χ4n) is 4.15. The molecule has 4 rings (SSSR count). The largest absolute Gasteiger partial charge is 0.478 e. The van der Waals surface area contributed by atoms with E-state index in [4.69, 9.17) is 0 Å². The Kier molecular flexibility index (Phi) is 6.40. The molecule has 2 aromatic carbocycles. The second-order valence-corrected chi connectivity index (χ2v) is 8.32. The summed E-state index contributed by atoms with van der Waals surface area (Å²) in [6, 6.07) is 13.2.